The average Bonchev–Trinajstić information content (AvgIpc) is 3.16. The molecule has 1 aromatic heterocycles. The molecule has 0 spiro atoms. The maximum Gasteiger partial charge on any atom is 0.254 e. The van der Waals surface area contributed by atoms with Gasteiger partial charge in [-0.15, -0.1) is 10.2 Å². The van der Waals surface area contributed by atoms with E-state index in [9.17, 15) is 9.59 Å². The SMILES string of the molecule is CCCN(CC(=O)N1CCCN(c2ccc(-c3ccc(C)cc3)nn2)CC1)C(=O)c1ccc(Cl)cc1. The lowest BCUT2D eigenvalue weighted by atomic mass is 10.1. The molecule has 0 radical (unpaired) electrons. The third kappa shape index (κ3) is 6.40. The number of hydrogen-bond donors (Lipinski definition) is 0. The predicted octanol–water partition coefficient (Wildman–Crippen LogP) is 4.70. The molecule has 1 aliphatic rings. The van der Waals surface area contributed by atoms with Gasteiger partial charge in [-0.1, -0.05) is 48.4 Å². The van der Waals surface area contributed by atoms with E-state index < -0.39 is 0 Å². The van der Waals surface area contributed by atoms with Crippen molar-refractivity contribution in [2.45, 2.75) is 26.7 Å². The molecule has 2 amide bonds. The summed E-state index contributed by atoms with van der Waals surface area (Å²) in [5.74, 6) is 0.626. The van der Waals surface area contributed by atoms with Crippen LogP contribution in [0.4, 0.5) is 5.82 Å². The van der Waals surface area contributed by atoms with Gasteiger partial charge in [-0.05, 0) is 56.2 Å². The molecular formula is C28H32ClN5O2. The highest BCUT2D eigenvalue weighted by atomic mass is 35.5. The maximum absolute atomic E-state index is 13.2. The molecule has 8 heteroatoms. The number of amides is 2. The Labute approximate surface area is 217 Å². The topological polar surface area (TPSA) is 69.6 Å². The Morgan fingerprint density at radius 2 is 1.67 bits per heavy atom. The lowest BCUT2D eigenvalue weighted by Crippen LogP contribution is -2.44. The summed E-state index contributed by atoms with van der Waals surface area (Å²) in [5, 5.41) is 9.46. The Bertz CT molecular complexity index is 1170. The highest BCUT2D eigenvalue weighted by molar-refractivity contribution is 6.30. The lowest BCUT2D eigenvalue weighted by molar-refractivity contribution is -0.131. The van der Waals surface area contributed by atoms with Crippen LogP contribution in [0.2, 0.25) is 5.02 Å². The van der Waals surface area contributed by atoms with E-state index in [1.807, 2.05) is 36.1 Å². The summed E-state index contributed by atoms with van der Waals surface area (Å²) in [7, 11) is 0. The molecule has 0 atom stereocenters. The molecule has 1 saturated heterocycles. The van der Waals surface area contributed by atoms with Crippen LogP contribution in [0.5, 0.6) is 0 Å². The summed E-state index contributed by atoms with van der Waals surface area (Å²) < 4.78 is 0. The molecular weight excluding hydrogens is 474 g/mol. The molecule has 188 valence electrons. The first-order valence-electron chi connectivity index (χ1n) is 12.4. The maximum atomic E-state index is 13.2. The highest BCUT2D eigenvalue weighted by Crippen LogP contribution is 2.20. The Hall–Kier alpha value is -3.45. The van der Waals surface area contributed by atoms with Crippen LogP contribution >= 0.6 is 11.6 Å². The van der Waals surface area contributed by atoms with Gasteiger partial charge in [-0.3, -0.25) is 9.59 Å². The van der Waals surface area contributed by atoms with Crippen LogP contribution in [-0.4, -0.2) is 71.1 Å². The first-order chi connectivity index (χ1) is 17.4. The molecule has 2 aromatic carbocycles. The van der Waals surface area contributed by atoms with Gasteiger partial charge < -0.3 is 14.7 Å². The summed E-state index contributed by atoms with van der Waals surface area (Å²) in [6.07, 6.45) is 1.60. The molecule has 4 rings (SSSR count). The van der Waals surface area contributed by atoms with E-state index in [1.165, 1.54) is 5.56 Å². The Morgan fingerprint density at radius 1 is 0.917 bits per heavy atom. The van der Waals surface area contributed by atoms with Gasteiger partial charge in [0.2, 0.25) is 5.91 Å². The quantitative estimate of drug-likeness (QED) is 0.465. The number of aromatic nitrogens is 2. The van der Waals surface area contributed by atoms with Gasteiger partial charge >= 0.3 is 0 Å². The standard InChI is InChI=1S/C28H32ClN5O2/c1-3-15-34(28(36)23-9-11-24(29)12-10-23)20-27(35)33-17-4-16-32(18-19-33)26-14-13-25(30-31-26)22-7-5-21(2)6-8-22/h5-14H,3-4,15-20H2,1-2H3. The minimum Gasteiger partial charge on any atom is -0.353 e. The molecule has 36 heavy (non-hydrogen) atoms. The number of aryl methyl sites for hydroxylation is 1. The Morgan fingerprint density at radius 3 is 2.33 bits per heavy atom. The van der Waals surface area contributed by atoms with Crippen molar-refractivity contribution in [3.05, 3.63) is 76.8 Å². The first-order valence-corrected chi connectivity index (χ1v) is 12.8. The molecule has 0 saturated carbocycles. The minimum atomic E-state index is -0.151. The number of carbonyl (C=O) groups is 2. The van der Waals surface area contributed by atoms with Crippen molar-refractivity contribution >= 4 is 29.2 Å². The molecule has 0 bridgehead atoms. The van der Waals surface area contributed by atoms with Crippen molar-refractivity contribution < 1.29 is 9.59 Å². The number of halogens is 1. The zero-order valence-electron chi connectivity index (χ0n) is 20.9. The van der Waals surface area contributed by atoms with Crippen molar-refractivity contribution in [2.24, 2.45) is 0 Å². The number of nitrogens with zero attached hydrogens (tertiary/aromatic N) is 5. The van der Waals surface area contributed by atoms with Crippen molar-refractivity contribution in [1.29, 1.82) is 0 Å². The van der Waals surface area contributed by atoms with Gasteiger partial charge in [-0.25, -0.2) is 0 Å². The Balaban J connectivity index is 1.36. The lowest BCUT2D eigenvalue weighted by Gasteiger charge is -2.27. The van der Waals surface area contributed by atoms with Crippen LogP contribution in [-0.2, 0) is 4.79 Å². The van der Waals surface area contributed by atoms with Crippen LogP contribution in [0, 0.1) is 6.92 Å². The van der Waals surface area contributed by atoms with E-state index in [0.29, 0.717) is 36.8 Å². The smallest absolute Gasteiger partial charge is 0.254 e. The predicted molar refractivity (Wildman–Crippen MR) is 143 cm³/mol. The van der Waals surface area contributed by atoms with Gasteiger partial charge in [-0.2, -0.15) is 0 Å². The summed E-state index contributed by atoms with van der Waals surface area (Å²) in [6, 6.07) is 19.0. The van der Waals surface area contributed by atoms with Crippen molar-refractivity contribution in [1.82, 2.24) is 20.0 Å². The fourth-order valence-electron chi connectivity index (χ4n) is 4.33. The molecule has 2 heterocycles. The summed E-state index contributed by atoms with van der Waals surface area (Å²) in [6.45, 7) is 7.35. The summed E-state index contributed by atoms with van der Waals surface area (Å²) in [4.78, 5) is 31.8. The second-order valence-electron chi connectivity index (χ2n) is 9.10. The molecule has 0 N–H and O–H groups in total. The minimum absolute atomic E-state index is 0.0339. The zero-order valence-corrected chi connectivity index (χ0v) is 21.6. The van der Waals surface area contributed by atoms with Crippen LogP contribution < -0.4 is 4.90 Å². The number of hydrogen-bond acceptors (Lipinski definition) is 5. The highest BCUT2D eigenvalue weighted by Gasteiger charge is 2.24. The van der Waals surface area contributed by atoms with Gasteiger partial charge in [0, 0.05) is 48.9 Å². The van der Waals surface area contributed by atoms with Gasteiger partial charge in [0.1, 0.15) is 6.54 Å². The van der Waals surface area contributed by atoms with Crippen LogP contribution in [0.3, 0.4) is 0 Å². The molecule has 1 aliphatic heterocycles. The van der Waals surface area contributed by atoms with E-state index >= 15 is 0 Å². The summed E-state index contributed by atoms with van der Waals surface area (Å²) in [5.41, 5.74) is 3.62. The number of anilines is 1. The first kappa shape index (κ1) is 25.6. The van der Waals surface area contributed by atoms with E-state index in [2.05, 4.69) is 34.2 Å². The van der Waals surface area contributed by atoms with Crippen LogP contribution in [0.15, 0.2) is 60.7 Å². The van der Waals surface area contributed by atoms with Crippen LogP contribution in [0.1, 0.15) is 35.7 Å². The molecule has 1 fully saturated rings. The second-order valence-corrected chi connectivity index (χ2v) is 9.53. The monoisotopic (exact) mass is 505 g/mol. The molecule has 0 unspecified atom stereocenters. The number of benzene rings is 2. The normalized spacial score (nSPS) is 13.9. The average molecular weight is 506 g/mol. The third-order valence-corrected chi connectivity index (χ3v) is 6.62. The zero-order chi connectivity index (χ0) is 25.5. The van der Waals surface area contributed by atoms with Crippen LogP contribution in [0.25, 0.3) is 11.3 Å². The van der Waals surface area contributed by atoms with E-state index in [0.717, 1.165) is 36.5 Å². The van der Waals surface area contributed by atoms with Gasteiger partial charge in [0.15, 0.2) is 5.82 Å². The number of rotatable bonds is 7. The van der Waals surface area contributed by atoms with Crippen molar-refractivity contribution in [2.75, 3.05) is 44.2 Å². The molecule has 0 aliphatic carbocycles. The molecule has 7 nitrogen and oxygen atoms in total. The fraction of sp³-hybridized carbons (Fsp3) is 0.357. The van der Waals surface area contributed by atoms with E-state index in [-0.39, 0.29) is 18.4 Å². The third-order valence-electron chi connectivity index (χ3n) is 6.37. The fourth-order valence-corrected chi connectivity index (χ4v) is 4.45. The van der Waals surface area contributed by atoms with E-state index in [1.54, 1.807) is 29.2 Å². The molecule has 3 aromatic rings. The van der Waals surface area contributed by atoms with Crippen molar-refractivity contribution in [3.63, 3.8) is 0 Å². The Kier molecular flexibility index (Phi) is 8.54. The van der Waals surface area contributed by atoms with Crippen molar-refractivity contribution in [3.8, 4) is 11.3 Å². The van der Waals surface area contributed by atoms with E-state index in [4.69, 9.17) is 11.6 Å². The van der Waals surface area contributed by atoms with Gasteiger partial charge in [0.25, 0.3) is 5.91 Å². The largest absolute Gasteiger partial charge is 0.353 e. The number of carbonyl (C=O) groups excluding carboxylic acids is 2. The second kappa shape index (κ2) is 12.0. The summed E-state index contributed by atoms with van der Waals surface area (Å²) >= 11 is 5.96. The van der Waals surface area contributed by atoms with Gasteiger partial charge in [0.05, 0.1) is 5.69 Å².